The van der Waals surface area contributed by atoms with Gasteiger partial charge in [-0.1, -0.05) is 36.2 Å². The van der Waals surface area contributed by atoms with Gasteiger partial charge in [-0.05, 0) is 50.9 Å². The molecular formula is C17H23NO. The molecule has 0 aliphatic rings. The summed E-state index contributed by atoms with van der Waals surface area (Å²) in [6, 6.07) is 11.0. The van der Waals surface area contributed by atoms with Gasteiger partial charge in [0.05, 0.1) is 12.3 Å². The Hall–Kier alpha value is -1.54. The van der Waals surface area contributed by atoms with E-state index in [4.69, 9.17) is 4.42 Å². The zero-order valence-corrected chi connectivity index (χ0v) is 12.1. The molecule has 0 amide bonds. The third kappa shape index (κ3) is 3.97. The number of aryl methyl sites for hydroxylation is 2. The molecule has 102 valence electrons. The summed E-state index contributed by atoms with van der Waals surface area (Å²) in [6.45, 7) is 7.49. The van der Waals surface area contributed by atoms with Crippen molar-refractivity contribution in [2.45, 2.75) is 39.7 Å². The molecule has 0 saturated carbocycles. The average Bonchev–Trinajstić information content (AvgIpc) is 2.87. The number of hydrogen-bond acceptors (Lipinski definition) is 2. The van der Waals surface area contributed by atoms with E-state index in [1.807, 2.05) is 6.07 Å². The van der Waals surface area contributed by atoms with Gasteiger partial charge in [-0.15, -0.1) is 0 Å². The second kappa shape index (κ2) is 6.58. The third-order valence-corrected chi connectivity index (χ3v) is 3.25. The molecule has 0 aliphatic carbocycles. The fraction of sp³-hybridized carbons (Fsp3) is 0.412. The smallest absolute Gasteiger partial charge is 0.121 e. The molecule has 2 nitrogen and oxygen atoms in total. The molecule has 2 heteroatoms. The van der Waals surface area contributed by atoms with E-state index in [0.717, 1.165) is 25.1 Å². The van der Waals surface area contributed by atoms with E-state index in [0.29, 0.717) is 0 Å². The second-order valence-corrected chi connectivity index (χ2v) is 5.22. The van der Waals surface area contributed by atoms with Gasteiger partial charge in [-0.2, -0.15) is 0 Å². The Labute approximate surface area is 115 Å². The Kier molecular flexibility index (Phi) is 4.80. The maximum atomic E-state index is 5.56. The van der Waals surface area contributed by atoms with E-state index in [1.54, 1.807) is 6.26 Å². The summed E-state index contributed by atoms with van der Waals surface area (Å²) < 4.78 is 5.56. The zero-order chi connectivity index (χ0) is 13.7. The topological polar surface area (TPSA) is 25.2 Å². The van der Waals surface area contributed by atoms with E-state index < -0.39 is 0 Å². The van der Waals surface area contributed by atoms with Crippen LogP contribution in [-0.2, 0) is 6.42 Å². The second-order valence-electron chi connectivity index (χ2n) is 5.22. The number of furan rings is 1. The van der Waals surface area contributed by atoms with Gasteiger partial charge in [0, 0.05) is 0 Å². The zero-order valence-electron chi connectivity index (χ0n) is 12.1. The first-order valence-corrected chi connectivity index (χ1v) is 7.03. The Morgan fingerprint density at radius 2 is 1.89 bits per heavy atom. The van der Waals surface area contributed by atoms with Gasteiger partial charge in [-0.25, -0.2) is 0 Å². The molecule has 0 bridgehead atoms. The lowest BCUT2D eigenvalue weighted by molar-refractivity contribution is 0.410. The SMILES string of the molecule is CCCNC(Cc1cc(C)cc(C)c1)c1ccco1. The summed E-state index contributed by atoms with van der Waals surface area (Å²) in [5, 5.41) is 3.57. The predicted molar refractivity (Wildman–Crippen MR) is 79.4 cm³/mol. The first-order chi connectivity index (χ1) is 9.19. The molecule has 1 aromatic heterocycles. The van der Waals surface area contributed by atoms with Crippen LogP contribution >= 0.6 is 0 Å². The highest BCUT2D eigenvalue weighted by atomic mass is 16.3. The minimum absolute atomic E-state index is 0.260. The minimum atomic E-state index is 0.260. The fourth-order valence-electron chi connectivity index (χ4n) is 2.50. The Balaban J connectivity index is 2.15. The van der Waals surface area contributed by atoms with Crippen molar-refractivity contribution >= 4 is 0 Å². The molecular weight excluding hydrogens is 234 g/mol. The molecule has 2 rings (SSSR count). The van der Waals surface area contributed by atoms with Crippen molar-refractivity contribution in [2.75, 3.05) is 6.54 Å². The molecule has 1 unspecified atom stereocenters. The van der Waals surface area contributed by atoms with Gasteiger partial charge in [0.15, 0.2) is 0 Å². The largest absolute Gasteiger partial charge is 0.468 e. The van der Waals surface area contributed by atoms with Gasteiger partial charge in [0.25, 0.3) is 0 Å². The molecule has 1 aromatic carbocycles. The molecule has 0 aliphatic heterocycles. The van der Waals surface area contributed by atoms with Gasteiger partial charge < -0.3 is 9.73 Å². The van der Waals surface area contributed by atoms with Crippen molar-refractivity contribution in [3.8, 4) is 0 Å². The van der Waals surface area contributed by atoms with Crippen LogP contribution in [-0.4, -0.2) is 6.54 Å². The van der Waals surface area contributed by atoms with E-state index in [-0.39, 0.29) is 6.04 Å². The van der Waals surface area contributed by atoms with Crippen LogP contribution in [0.4, 0.5) is 0 Å². The summed E-state index contributed by atoms with van der Waals surface area (Å²) in [5.74, 6) is 1.02. The van der Waals surface area contributed by atoms with Crippen LogP contribution in [0.5, 0.6) is 0 Å². The van der Waals surface area contributed by atoms with Crippen molar-refractivity contribution in [3.63, 3.8) is 0 Å². The lowest BCUT2D eigenvalue weighted by Crippen LogP contribution is -2.23. The quantitative estimate of drug-likeness (QED) is 0.839. The molecule has 1 N–H and O–H groups in total. The highest BCUT2D eigenvalue weighted by Gasteiger charge is 2.14. The average molecular weight is 257 g/mol. The van der Waals surface area contributed by atoms with E-state index in [2.05, 4.69) is 50.4 Å². The van der Waals surface area contributed by atoms with Crippen LogP contribution in [0.15, 0.2) is 41.0 Å². The number of benzene rings is 1. The van der Waals surface area contributed by atoms with Crippen molar-refractivity contribution in [1.29, 1.82) is 0 Å². The van der Waals surface area contributed by atoms with Crippen LogP contribution < -0.4 is 5.32 Å². The maximum absolute atomic E-state index is 5.56. The van der Waals surface area contributed by atoms with Crippen molar-refractivity contribution < 1.29 is 4.42 Å². The van der Waals surface area contributed by atoms with Crippen LogP contribution in [0.3, 0.4) is 0 Å². The molecule has 2 aromatic rings. The molecule has 0 saturated heterocycles. The molecule has 1 heterocycles. The van der Waals surface area contributed by atoms with E-state index in [9.17, 15) is 0 Å². The number of nitrogens with one attached hydrogen (secondary N) is 1. The number of rotatable bonds is 6. The summed E-state index contributed by atoms with van der Waals surface area (Å²) in [4.78, 5) is 0. The van der Waals surface area contributed by atoms with Gasteiger partial charge >= 0.3 is 0 Å². The Morgan fingerprint density at radius 1 is 1.16 bits per heavy atom. The van der Waals surface area contributed by atoms with Crippen LogP contribution in [0.1, 0.15) is 41.8 Å². The monoisotopic (exact) mass is 257 g/mol. The standard InChI is InChI=1S/C17H23NO/c1-4-7-18-16(17-6-5-8-19-17)12-15-10-13(2)9-14(3)11-15/h5-6,8-11,16,18H,4,7,12H2,1-3H3. The molecule has 0 spiro atoms. The van der Waals surface area contributed by atoms with Crippen molar-refractivity contribution in [3.05, 3.63) is 59.0 Å². The Morgan fingerprint density at radius 3 is 2.47 bits per heavy atom. The first kappa shape index (κ1) is 13.9. The van der Waals surface area contributed by atoms with E-state index in [1.165, 1.54) is 16.7 Å². The third-order valence-electron chi connectivity index (χ3n) is 3.25. The Bertz CT molecular complexity index is 482. The lowest BCUT2D eigenvalue weighted by atomic mass is 10.00. The molecule has 1 atom stereocenters. The predicted octanol–water partition coefficient (Wildman–Crippen LogP) is 4.18. The maximum Gasteiger partial charge on any atom is 0.121 e. The van der Waals surface area contributed by atoms with E-state index >= 15 is 0 Å². The highest BCUT2D eigenvalue weighted by Crippen LogP contribution is 2.20. The summed E-state index contributed by atoms with van der Waals surface area (Å²) >= 11 is 0. The van der Waals surface area contributed by atoms with Crippen LogP contribution in [0.2, 0.25) is 0 Å². The summed E-state index contributed by atoms with van der Waals surface area (Å²) in [5.41, 5.74) is 4.01. The van der Waals surface area contributed by atoms with Crippen LogP contribution in [0.25, 0.3) is 0 Å². The summed E-state index contributed by atoms with van der Waals surface area (Å²) in [6.07, 6.45) is 3.84. The molecule has 0 radical (unpaired) electrons. The van der Waals surface area contributed by atoms with Gasteiger partial charge in [0.2, 0.25) is 0 Å². The fourth-order valence-corrected chi connectivity index (χ4v) is 2.50. The highest BCUT2D eigenvalue weighted by molar-refractivity contribution is 5.29. The summed E-state index contributed by atoms with van der Waals surface area (Å²) in [7, 11) is 0. The normalized spacial score (nSPS) is 12.6. The van der Waals surface area contributed by atoms with Crippen molar-refractivity contribution in [2.24, 2.45) is 0 Å². The van der Waals surface area contributed by atoms with Gasteiger partial charge in [0.1, 0.15) is 5.76 Å². The molecule has 19 heavy (non-hydrogen) atoms. The lowest BCUT2D eigenvalue weighted by Gasteiger charge is -2.17. The number of hydrogen-bond donors (Lipinski definition) is 1. The van der Waals surface area contributed by atoms with Crippen LogP contribution in [0, 0.1) is 13.8 Å². The minimum Gasteiger partial charge on any atom is -0.468 e. The first-order valence-electron chi connectivity index (χ1n) is 7.03. The van der Waals surface area contributed by atoms with Gasteiger partial charge in [-0.3, -0.25) is 0 Å². The van der Waals surface area contributed by atoms with Crippen molar-refractivity contribution in [1.82, 2.24) is 5.32 Å². The molecule has 0 fully saturated rings.